The number of likely N-dealkylation sites (N-methyl/N-ethyl adjacent to an activating group) is 1. The summed E-state index contributed by atoms with van der Waals surface area (Å²) in [5.41, 5.74) is 9.10. The van der Waals surface area contributed by atoms with Gasteiger partial charge < -0.3 is 15.5 Å². The zero-order chi connectivity index (χ0) is 19.2. The molecular weight excluding hydrogens is 364 g/mol. The molecule has 0 saturated heterocycles. The highest BCUT2D eigenvalue weighted by atomic mass is 32.2. The van der Waals surface area contributed by atoms with Crippen LogP contribution in [0, 0.1) is 0 Å². The summed E-state index contributed by atoms with van der Waals surface area (Å²) in [5.74, 6) is 0.178. The Balaban J connectivity index is 1.60. The number of nitrogens with two attached hydrogens (primary N) is 1. The van der Waals surface area contributed by atoms with Gasteiger partial charge in [-0.2, -0.15) is 8.42 Å². The lowest BCUT2D eigenvalue weighted by atomic mass is 10.00. The van der Waals surface area contributed by atoms with Gasteiger partial charge in [-0.1, -0.05) is 18.2 Å². The molecule has 0 fully saturated rings. The Morgan fingerprint density at radius 2 is 2.00 bits per heavy atom. The number of carbonyl (C=O) groups excluding carboxylic acids is 1. The van der Waals surface area contributed by atoms with E-state index in [1.54, 1.807) is 35.0 Å². The maximum atomic E-state index is 13.0. The van der Waals surface area contributed by atoms with Crippen molar-refractivity contribution in [2.24, 2.45) is 4.40 Å². The Hall–Kier alpha value is -2.87. The predicted octanol–water partition coefficient (Wildman–Crippen LogP) is 1.63. The van der Waals surface area contributed by atoms with Crippen LogP contribution in [-0.2, 0) is 21.2 Å². The van der Waals surface area contributed by atoms with Gasteiger partial charge in [0.2, 0.25) is 5.91 Å². The van der Waals surface area contributed by atoms with Gasteiger partial charge >= 0.3 is 0 Å². The van der Waals surface area contributed by atoms with Crippen LogP contribution >= 0.6 is 0 Å². The van der Waals surface area contributed by atoms with Crippen LogP contribution in [0.1, 0.15) is 17.5 Å². The third kappa shape index (κ3) is 2.95. The average molecular weight is 384 g/mol. The van der Waals surface area contributed by atoms with E-state index < -0.39 is 10.0 Å². The number of fused-ring (bicyclic) bond motifs is 2. The molecule has 2 aromatic rings. The van der Waals surface area contributed by atoms with E-state index in [1.165, 1.54) is 6.07 Å². The van der Waals surface area contributed by atoms with Crippen LogP contribution in [0.2, 0.25) is 0 Å². The lowest BCUT2D eigenvalue weighted by molar-refractivity contribution is -0.118. The van der Waals surface area contributed by atoms with Gasteiger partial charge in [-0.05, 0) is 42.7 Å². The molecule has 27 heavy (non-hydrogen) atoms. The Morgan fingerprint density at radius 1 is 1.22 bits per heavy atom. The van der Waals surface area contributed by atoms with Gasteiger partial charge in [0, 0.05) is 30.5 Å². The summed E-state index contributed by atoms with van der Waals surface area (Å²) in [7, 11) is -2.03. The molecule has 8 heteroatoms. The SMILES string of the molecule is CN(CC(=O)N1CCCc2c(N)cccc21)C1=NS(=O)(=O)c2ccccc21. The predicted molar refractivity (Wildman–Crippen MR) is 104 cm³/mol. The largest absolute Gasteiger partial charge is 0.398 e. The Bertz CT molecular complexity index is 1060. The first-order valence-corrected chi connectivity index (χ1v) is 10.2. The third-order valence-electron chi connectivity index (χ3n) is 4.93. The van der Waals surface area contributed by atoms with Crippen LogP contribution in [0.25, 0.3) is 0 Å². The van der Waals surface area contributed by atoms with Crippen molar-refractivity contribution in [1.82, 2.24) is 4.90 Å². The van der Waals surface area contributed by atoms with Crippen LogP contribution in [0.3, 0.4) is 0 Å². The molecule has 0 spiro atoms. The fraction of sp³-hybridized carbons (Fsp3) is 0.263. The normalized spacial score (nSPS) is 17.1. The minimum absolute atomic E-state index is 0.0247. The maximum absolute atomic E-state index is 13.0. The highest BCUT2D eigenvalue weighted by Gasteiger charge is 2.32. The molecule has 2 heterocycles. The molecule has 4 rings (SSSR count). The van der Waals surface area contributed by atoms with Crippen molar-refractivity contribution in [1.29, 1.82) is 0 Å². The molecular formula is C19H20N4O3S. The van der Waals surface area contributed by atoms with Gasteiger partial charge in [0.25, 0.3) is 10.0 Å². The van der Waals surface area contributed by atoms with Crippen molar-refractivity contribution >= 4 is 33.1 Å². The molecule has 0 bridgehead atoms. The van der Waals surface area contributed by atoms with Gasteiger partial charge in [-0.25, -0.2) is 0 Å². The molecule has 0 radical (unpaired) electrons. The molecule has 2 N–H and O–H groups in total. The molecule has 7 nitrogen and oxygen atoms in total. The van der Waals surface area contributed by atoms with Crippen LogP contribution in [-0.4, -0.2) is 45.2 Å². The van der Waals surface area contributed by atoms with Gasteiger partial charge in [0.05, 0.1) is 6.54 Å². The number of benzene rings is 2. The summed E-state index contributed by atoms with van der Waals surface area (Å²) in [4.78, 5) is 16.4. The number of amidine groups is 1. The summed E-state index contributed by atoms with van der Waals surface area (Å²) in [6, 6.07) is 12.2. The molecule has 0 saturated carbocycles. The van der Waals surface area contributed by atoms with Crippen molar-refractivity contribution in [3.8, 4) is 0 Å². The molecule has 2 aliphatic rings. The quantitative estimate of drug-likeness (QED) is 0.794. The van der Waals surface area contributed by atoms with E-state index >= 15 is 0 Å². The molecule has 2 aromatic carbocycles. The van der Waals surface area contributed by atoms with Crippen molar-refractivity contribution in [2.45, 2.75) is 17.7 Å². The van der Waals surface area contributed by atoms with Crippen LogP contribution in [0.5, 0.6) is 0 Å². The standard InChI is InChI=1S/C19H20N4O3S/c1-22(19-14-6-2-3-10-17(14)27(25,26)21-19)12-18(24)23-11-5-7-13-15(20)8-4-9-16(13)23/h2-4,6,8-10H,5,7,11-12,20H2,1H3. The molecule has 0 atom stereocenters. The summed E-state index contributed by atoms with van der Waals surface area (Å²) >= 11 is 0. The topological polar surface area (TPSA) is 96.1 Å². The number of sulfonamides is 1. The van der Waals surface area contributed by atoms with Crippen molar-refractivity contribution in [2.75, 3.05) is 30.8 Å². The third-order valence-corrected chi connectivity index (χ3v) is 6.26. The van der Waals surface area contributed by atoms with Crippen molar-refractivity contribution < 1.29 is 13.2 Å². The second-order valence-corrected chi connectivity index (χ2v) is 8.31. The number of rotatable bonds is 2. The Kier molecular flexibility index (Phi) is 4.15. The fourth-order valence-corrected chi connectivity index (χ4v) is 4.89. The maximum Gasteiger partial charge on any atom is 0.285 e. The van der Waals surface area contributed by atoms with Gasteiger partial charge in [-0.15, -0.1) is 4.40 Å². The number of nitrogen functional groups attached to an aromatic ring is 1. The number of carbonyl (C=O) groups is 1. The first-order chi connectivity index (χ1) is 12.9. The second kappa shape index (κ2) is 6.38. The van der Waals surface area contributed by atoms with E-state index in [2.05, 4.69) is 4.40 Å². The minimum Gasteiger partial charge on any atom is -0.398 e. The monoisotopic (exact) mass is 384 g/mol. The smallest absolute Gasteiger partial charge is 0.285 e. The average Bonchev–Trinajstić information content (AvgIpc) is 2.93. The molecule has 2 aliphatic heterocycles. The van der Waals surface area contributed by atoms with Gasteiger partial charge in [-0.3, -0.25) is 4.79 Å². The number of hydrogen-bond acceptors (Lipinski definition) is 5. The Morgan fingerprint density at radius 3 is 2.81 bits per heavy atom. The van der Waals surface area contributed by atoms with E-state index in [-0.39, 0.29) is 17.3 Å². The summed E-state index contributed by atoms with van der Waals surface area (Å²) < 4.78 is 28.3. The first kappa shape index (κ1) is 17.5. The van der Waals surface area contributed by atoms with E-state index in [0.717, 1.165) is 24.1 Å². The number of amides is 1. The Labute approximate surface area is 158 Å². The van der Waals surface area contributed by atoms with Crippen LogP contribution in [0.15, 0.2) is 51.8 Å². The van der Waals surface area contributed by atoms with E-state index in [9.17, 15) is 13.2 Å². The summed E-state index contributed by atoms with van der Waals surface area (Å²) in [6.45, 7) is 0.640. The molecule has 1 amide bonds. The summed E-state index contributed by atoms with van der Waals surface area (Å²) in [5, 5.41) is 0. The highest BCUT2D eigenvalue weighted by Crippen LogP contribution is 2.32. The van der Waals surface area contributed by atoms with Crippen molar-refractivity contribution in [3.63, 3.8) is 0 Å². The zero-order valence-corrected chi connectivity index (χ0v) is 15.7. The number of nitrogens with zero attached hydrogens (tertiary/aromatic N) is 3. The molecule has 0 aliphatic carbocycles. The van der Waals surface area contributed by atoms with E-state index in [1.807, 2.05) is 18.2 Å². The number of anilines is 2. The first-order valence-electron chi connectivity index (χ1n) is 8.72. The van der Waals surface area contributed by atoms with Crippen LogP contribution in [0.4, 0.5) is 11.4 Å². The van der Waals surface area contributed by atoms with Gasteiger partial charge in [0.15, 0.2) is 5.84 Å². The van der Waals surface area contributed by atoms with E-state index in [0.29, 0.717) is 23.6 Å². The lowest BCUT2D eigenvalue weighted by Crippen LogP contribution is -2.43. The minimum atomic E-state index is -3.71. The van der Waals surface area contributed by atoms with E-state index in [4.69, 9.17) is 5.73 Å². The number of hydrogen-bond donors (Lipinski definition) is 1. The fourth-order valence-electron chi connectivity index (χ4n) is 3.64. The zero-order valence-electron chi connectivity index (χ0n) is 14.9. The van der Waals surface area contributed by atoms with Crippen molar-refractivity contribution in [3.05, 3.63) is 53.6 Å². The molecule has 0 aromatic heterocycles. The van der Waals surface area contributed by atoms with Crippen LogP contribution < -0.4 is 10.6 Å². The molecule has 0 unspecified atom stereocenters. The molecule has 140 valence electrons. The lowest BCUT2D eigenvalue weighted by Gasteiger charge is -2.32. The summed E-state index contributed by atoms with van der Waals surface area (Å²) in [6.07, 6.45) is 1.69. The highest BCUT2D eigenvalue weighted by molar-refractivity contribution is 7.90. The van der Waals surface area contributed by atoms with Gasteiger partial charge in [0.1, 0.15) is 4.90 Å². The second-order valence-electron chi connectivity index (χ2n) is 6.74.